The maximum atomic E-state index is 5.58. The Morgan fingerprint density at radius 3 is 2.75 bits per heavy atom. The number of benzene rings is 1. The summed E-state index contributed by atoms with van der Waals surface area (Å²) in [7, 11) is 3.38. The van der Waals surface area contributed by atoms with Gasteiger partial charge < -0.3 is 19.5 Å². The highest BCUT2D eigenvalue weighted by Gasteiger charge is 2.22. The number of hydrogen-bond acceptors (Lipinski definition) is 8. The van der Waals surface area contributed by atoms with E-state index in [9.17, 15) is 0 Å². The molecular formula is C24H30N4O3S. The van der Waals surface area contributed by atoms with Crippen molar-refractivity contribution in [2.24, 2.45) is 0 Å². The van der Waals surface area contributed by atoms with Crippen LogP contribution in [0.3, 0.4) is 0 Å². The third-order valence-corrected chi connectivity index (χ3v) is 7.45. The van der Waals surface area contributed by atoms with Crippen LogP contribution in [0.15, 0.2) is 18.2 Å². The van der Waals surface area contributed by atoms with Crippen molar-refractivity contribution >= 4 is 27.4 Å². The molecule has 2 aliphatic rings. The number of rotatable bonds is 7. The lowest BCUT2D eigenvalue weighted by molar-refractivity contribution is 0.0331. The molecule has 1 N–H and O–H groups in total. The maximum Gasteiger partial charge on any atom is 0.146 e. The summed E-state index contributed by atoms with van der Waals surface area (Å²) in [5.74, 6) is 3.46. The van der Waals surface area contributed by atoms with Crippen LogP contribution in [0.1, 0.15) is 34.7 Å². The lowest BCUT2D eigenvalue weighted by atomic mass is 9.97. The molecule has 1 aliphatic carbocycles. The van der Waals surface area contributed by atoms with Crippen LogP contribution >= 0.6 is 11.3 Å². The largest absolute Gasteiger partial charge is 0.497 e. The lowest BCUT2D eigenvalue weighted by Gasteiger charge is -2.26. The molecule has 3 heterocycles. The molecule has 0 amide bonds. The number of hydrogen-bond donors (Lipinski definition) is 1. The molecule has 1 fully saturated rings. The van der Waals surface area contributed by atoms with E-state index in [-0.39, 0.29) is 0 Å². The first-order valence-electron chi connectivity index (χ1n) is 11.3. The van der Waals surface area contributed by atoms with Crippen molar-refractivity contribution < 1.29 is 14.2 Å². The molecule has 1 aromatic carbocycles. The standard InChI is InChI=1S/C24H30N4O3S/c1-29-17-7-8-19(30-2)16(13-17)14-25-23-22-18-5-3-4-6-20(18)32-24(22)27-21(26-23)15-28-9-11-31-12-10-28/h7-8,13H,3-6,9-12,14-15H2,1-2H3,(H,25,26,27). The van der Waals surface area contributed by atoms with Crippen LogP contribution < -0.4 is 14.8 Å². The summed E-state index contributed by atoms with van der Waals surface area (Å²) in [5, 5.41) is 4.83. The van der Waals surface area contributed by atoms with E-state index in [0.717, 1.165) is 79.2 Å². The Kier molecular flexibility index (Phi) is 6.43. The molecule has 0 saturated carbocycles. The average molecular weight is 455 g/mol. The molecule has 2 aromatic heterocycles. The van der Waals surface area contributed by atoms with E-state index in [0.29, 0.717) is 6.54 Å². The summed E-state index contributed by atoms with van der Waals surface area (Å²) in [6, 6.07) is 5.88. The number of morpholine rings is 1. The van der Waals surface area contributed by atoms with Gasteiger partial charge in [-0.1, -0.05) is 0 Å². The first kappa shape index (κ1) is 21.4. The molecule has 8 heteroatoms. The second-order valence-corrected chi connectivity index (χ2v) is 9.38. The summed E-state index contributed by atoms with van der Waals surface area (Å²) in [5.41, 5.74) is 2.48. The topological polar surface area (TPSA) is 68.7 Å². The maximum absolute atomic E-state index is 5.58. The molecule has 0 atom stereocenters. The van der Waals surface area contributed by atoms with Gasteiger partial charge in [-0.05, 0) is 49.4 Å². The highest BCUT2D eigenvalue weighted by Crippen LogP contribution is 2.39. The van der Waals surface area contributed by atoms with Crippen LogP contribution in [0, 0.1) is 0 Å². The molecule has 170 valence electrons. The Morgan fingerprint density at radius 2 is 1.94 bits per heavy atom. The number of nitrogens with zero attached hydrogens (tertiary/aromatic N) is 3. The van der Waals surface area contributed by atoms with Crippen LogP contribution in [0.5, 0.6) is 11.5 Å². The molecule has 0 spiro atoms. The summed E-state index contributed by atoms with van der Waals surface area (Å²) < 4.78 is 16.5. The molecule has 1 aliphatic heterocycles. The van der Waals surface area contributed by atoms with Gasteiger partial charge >= 0.3 is 0 Å². The van der Waals surface area contributed by atoms with E-state index in [1.807, 2.05) is 29.5 Å². The monoisotopic (exact) mass is 454 g/mol. The Balaban J connectivity index is 1.49. The van der Waals surface area contributed by atoms with E-state index < -0.39 is 0 Å². The molecule has 0 bridgehead atoms. The van der Waals surface area contributed by atoms with Gasteiger partial charge in [-0.15, -0.1) is 11.3 Å². The molecule has 5 rings (SSSR count). The number of aryl methyl sites for hydroxylation is 2. The van der Waals surface area contributed by atoms with Crippen molar-refractivity contribution in [1.82, 2.24) is 14.9 Å². The first-order chi connectivity index (χ1) is 15.7. The van der Waals surface area contributed by atoms with E-state index in [1.165, 1.54) is 28.7 Å². The van der Waals surface area contributed by atoms with Gasteiger partial charge in [0.1, 0.15) is 28.0 Å². The fraction of sp³-hybridized carbons (Fsp3) is 0.500. The molecule has 7 nitrogen and oxygen atoms in total. The smallest absolute Gasteiger partial charge is 0.146 e. The van der Waals surface area contributed by atoms with Crippen molar-refractivity contribution in [1.29, 1.82) is 0 Å². The van der Waals surface area contributed by atoms with Gasteiger partial charge in [-0.2, -0.15) is 0 Å². The molecule has 0 radical (unpaired) electrons. The van der Waals surface area contributed by atoms with E-state index in [4.69, 9.17) is 24.2 Å². The fourth-order valence-electron chi connectivity index (χ4n) is 4.56. The zero-order valence-electron chi connectivity index (χ0n) is 18.8. The number of nitrogens with one attached hydrogen (secondary N) is 1. The van der Waals surface area contributed by atoms with Crippen LogP contribution in [0.4, 0.5) is 5.82 Å². The molecule has 0 unspecified atom stereocenters. The summed E-state index contributed by atoms with van der Waals surface area (Å²) >= 11 is 1.85. The van der Waals surface area contributed by atoms with Crippen molar-refractivity contribution in [3.63, 3.8) is 0 Å². The van der Waals surface area contributed by atoms with Crippen LogP contribution in [0.25, 0.3) is 10.2 Å². The van der Waals surface area contributed by atoms with Gasteiger partial charge in [0.2, 0.25) is 0 Å². The van der Waals surface area contributed by atoms with Gasteiger partial charge in [-0.3, -0.25) is 4.90 Å². The van der Waals surface area contributed by atoms with Crippen molar-refractivity contribution in [2.45, 2.75) is 38.8 Å². The minimum absolute atomic E-state index is 0.605. The van der Waals surface area contributed by atoms with Crippen molar-refractivity contribution in [2.75, 3.05) is 45.8 Å². The predicted octanol–water partition coefficient (Wildman–Crippen LogP) is 4.03. The molecular weight excluding hydrogens is 424 g/mol. The van der Waals surface area contributed by atoms with Gasteiger partial charge in [0, 0.05) is 30.1 Å². The van der Waals surface area contributed by atoms with E-state index >= 15 is 0 Å². The normalized spacial score (nSPS) is 16.7. The zero-order valence-corrected chi connectivity index (χ0v) is 19.6. The lowest BCUT2D eigenvalue weighted by Crippen LogP contribution is -2.36. The van der Waals surface area contributed by atoms with Crippen LogP contribution in [0.2, 0.25) is 0 Å². The van der Waals surface area contributed by atoms with Crippen molar-refractivity contribution in [3.05, 3.63) is 40.0 Å². The zero-order chi connectivity index (χ0) is 21.9. The second kappa shape index (κ2) is 9.60. The Hall–Kier alpha value is -2.42. The first-order valence-corrected chi connectivity index (χ1v) is 12.1. The van der Waals surface area contributed by atoms with Gasteiger partial charge in [0.15, 0.2) is 0 Å². The van der Waals surface area contributed by atoms with Gasteiger partial charge in [-0.25, -0.2) is 9.97 Å². The average Bonchev–Trinajstić information content (AvgIpc) is 3.21. The number of aromatic nitrogens is 2. The Morgan fingerprint density at radius 1 is 1.09 bits per heavy atom. The van der Waals surface area contributed by atoms with E-state index in [1.54, 1.807) is 14.2 Å². The summed E-state index contributed by atoms with van der Waals surface area (Å²) in [6.45, 7) is 4.75. The van der Waals surface area contributed by atoms with Crippen molar-refractivity contribution in [3.8, 4) is 11.5 Å². The Bertz CT molecular complexity index is 1090. The minimum atomic E-state index is 0.605. The molecule has 32 heavy (non-hydrogen) atoms. The minimum Gasteiger partial charge on any atom is -0.497 e. The number of ether oxygens (including phenoxy) is 3. The van der Waals surface area contributed by atoms with Gasteiger partial charge in [0.05, 0.1) is 39.4 Å². The summed E-state index contributed by atoms with van der Waals surface area (Å²) in [4.78, 5) is 15.0. The predicted molar refractivity (Wildman–Crippen MR) is 127 cm³/mol. The summed E-state index contributed by atoms with van der Waals surface area (Å²) in [6.07, 6.45) is 4.76. The highest BCUT2D eigenvalue weighted by molar-refractivity contribution is 7.19. The fourth-order valence-corrected chi connectivity index (χ4v) is 5.84. The number of methoxy groups -OCH3 is 2. The highest BCUT2D eigenvalue weighted by atomic mass is 32.1. The third kappa shape index (κ3) is 4.40. The number of anilines is 1. The number of fused-ring (bicyclic) bond motifs is 3. The SMILES string of the molecule is COc1ccc(OC)c(CNc2nc(CN3CCOCC3)nc3sc4c(c23)CCCC4)c1. The van der Waals surface area contributed by atoms with Crippen LogP contribution in [-0.4, -0.2) is 55.4 Å². The quantitative estimate of drug-likeness (QED) is 0.578. The van der Waals surface area contributed by atoms with E-state index in [2.05, 4.69) is 10.2 Å². The second-order valence-electron chi connectivity index (χ2n) is 8.30. The number of thiophene rings is 1. The molecule has 1 saturated heterocycles. The Labute approximate surface area is 192 Å². The van der Waals surface area contributed by atoms with Gasteiger partial charge in [0.25, 0.3) is 0 Å². The van der Waals surface area contributed by atoms with Crippen LogP contribution in [-0.2, 0) is 30.7 Å². The third-order valence-electron chi connectivity index (χ3n) is 6.26. The molecule has 3 aromatic rings.